The number of rotatable bonds is 2. The van der Waals surface area contributed by atoms with E-state index in [1.54, 1.807) is 12.1 Å². The van der Waals surface area contributed by atoms with Crippen molar-refractivity contribution in [3.63, 3.8) is 0 Å². The number of hydrogen-bond acceptors (Lipinski definition) is 6. The Labute approximate surface area is 130 Å². The van der Waals surface area contributed by atoms with E-state index in [0.29, 0.717) is 22.9 Å². The molecule has 116 valence electrons. The fourth-order valence-electron chi connectivity index (χ4n) is 2.59. The zero-order chi connectivity index (χ0) is 15.7. The van der Waals surface area contributed by atoms with E-state index in [4.69, 9.17) is 5.73 Å². The zero-order valence-corrected chi connectivity index (χ0v) is 13.0. The van der Waals surface area contributed by atoms with Crippen LogP contribution in [0, 0.1) is 6.92 Å². The van der Waals surface area contributed by atoms with Crippen LogP contribution in [0.3, 0.4) is 0 Å². The molecule has 0 saturated carbocycles. The maximum absolute atomic E-state index is 10.1. The summed E-state index contributed by atoms with van der Waals surface area (Å²) >= 11 is 0. The van der Waals surface area contributed by atoms with Crippen LogP contribution in [0.5, 0.6) is 5.75 Å². The van der Waals surface area contributed by atoms with Gasteiger partial charge in [0.05, 0.1) is 11.4 Å². The number of nitrogens with zero attached hydrogens (tertiary/aromatic N) is 4. The molecule has 2 aromatic rings. The molecule has 22 heavy (non-hydrogen) atoms. The number of aryl methyl sites for hydroxylation is 1. The third kappa shape index (κ3) is 2.69. The molecule has 1 aromatic carbocycles. The lowest BCUT2D eigenvalue weighted by molar-refractivity contribution is 0.311. The molecule has 6 nitrogen and oxygen atoms in total. The molecule has 3 N–H and O–H groups in total. The van der Waals surface area contributed by atoms with Crippen LogP contribution in [-0.2, 0) is 0 Å². The fraction of sp³-hybridized carbons (Fsp3) is 0.375. The van der Waals surface area contributed by atoms with Crippen LogP contribution >= 0.6 is 0 Å². The number of benzene rings is 1. The molecule has 1 aliphatic rings. The zero-order valence-electron chi connectivity index (χ0n) is 13.0. The standard InChI is InChI=1S/C16H21N5O/c1-11-14(17)15(12-5-3-4-6-13(12)22)19-16(18-11)21-9-7-20(2)8-10-21/h3-6,22H,7-10,17H2,1-2H3. The van der Waals surface area contributed by atoms with Crippen molar-refractivity contribution < 1.29 is 5.11 Å². The molecule has 6 heteroatoms. The molecule has 0 atom stereocenters. The van der Waals surface area contributed by atoms with Crippen molar-refractivity contribution in [2.24, 2.45) is 0 Å². The molecular formula is C16H21N5O. The van der Waals surface area contributed by atoms with Gasteiger partial charge < -0.3 is 20.6 Å². The van der Waals surface area contributed by atoms with Gasteiger partial charge >= 0.3 is 0 Å². The third-order valence-electron chi connectivity index (χ3n) is 4.07. The lowest BCUT2D eigenvalue weighted by atomic mass is 10.1. The number of likely N-dealkylation sites (N-methyl/N-ethyl adjacent to an activating group) is 1. The molecule has 0 spiro atoms. The highest BCUT2D eigenvalue weighted by Gasteiger charge is 2.20. The minimum absolute atomic E-state index is 0.177. The molecule has 0 aliphatic carbocycles. The lowest BCUT2D eigenvalue weighted by Crippen LogP contribution is -2.45. The number of para-hydroxylation sites is 1. The van der Waals surface area contributed by atoms with Crippen molar-refractivity contribution in [1.82, 2.24) is 14.9 Å². The van der Waals surface area contributed by atoms with Crippen molar-refractivity contribution in [2.45, 2.75) is 6.92 Å². The molecule has 1 saturated heterocycles. The van der Waals surface area contributed by atoms with E-state index in [9.17, 15) is 5.11 Å². The Bertz CT molecular complexity index is 680. The van der Waals surface area contributed by atoms with Gasteiger partial charge in [0.25, 0.3) is 0 Å². The van der Waals surface area contributed by atoms with Gasteiger partial charge in [-0.05, 0) is 26.1 Å². The van der Waals surface area contributed by atoms with Crippen LogP contribution in [0.4, 0.5) is 11.6 Å². The van der Waals surface area contributed by atoms with Crippen LogP contribution in [-0.4, -0.2) is 53.2 Å². The average Bonchev–Trinajstić information content (AvgIpc) is 2.51. The largest absolute Gasteiger partial charge is 0.507 e. The van der Waals surface area contributed by atoms with Gasteiger partial charge in [0.2, 0.25) is 5.95 Å². The third-order valence-corrected chi connectivity index (χ3v) is 4.07. The summed E-state index contributed by atoms with van der Waals surface area (Å²) in [5, 5.41) is 10.1. The van der Waals surface area contributed by atoms with Crippen molar-refractivity contribution in [2.75, 3.05) is 43.9 Å². The average molecular weight is 299 g/mol. The number of piperazine rings is 1. The number of aromatic hydroxyl groups is 1. The highest BCUT2D eigenvalue weighted by atomic mass is 16.3. The monoisotopic (exact) mass is 299 g/mol. The molecule has 0 unspecified atom stereocenters. The molecule has 1 aromatic heterocycles. The number of anilines is 2. The number of nitrogens with two attached hydrogens (primary N) is 1. The SMILES string of the molecule is Cc1nc(N2CCN(C)CC2)nc(-c2ccccc2O)c1N. The summed E-state index contributed by atoms with van der Waals surface area (Å²) in [6.45, 7) is 5.62. The summed E-state index contributed by atoms with van der Waals surface area (Å²) in [7, 11) is 2.11. The van der Waals surface area contributed by atoms with Gasteiger partial charge in [0.1, 0.15) is 11.4 Å². The smallest absolute Gasteiger partial charge is 0.226 e. The van der Waals surface area contributed by atoms with E-state index in [-0.39, 0.29) is 5.75 Å². The lowest BCUT2D eigenvalue weighted by Gasteiger charge is -2.32. The van der Waals surface area contributed by atoms with Crippen molar-refractivity contribution in [3.8, 4) is 17.0 Å². The Kier molecular flexibility index (Phi) is 3.85. The topological polar surface area (TPSA) is 78.5 Å². The number of nitrogen functional groups attached to an aromatic ring is 1. The van der Waals surface area contributed by atoms with Gasteiger partial charge in [-0.15, -0.1) is 0 Å². The number of aromatic nitrogens is 2. The maximum atomic E-state index is 10.1. The molecule has 0 amide bonds. The highest BCUT2D eigenvalue weighted by molar-refractivity contribution is 5.78. The van der Waals surface area contributed by atoms with Crippen LogP contribution < -0.4 is 10.6 Å². The number of phenols is 1. The van der Waals surface area contributed by atoms with E-state index >= 15 is 0 Å². The quantitative estimate of drug-likeness (QED) is 0.875. The van der Waals surface area contributed by atoms with E-state index in [2.05, 4.69) is 26.8 Å². The normalized spacial score (nSPS) is 16.0. The van der Waals surface area contributed by atoms with E-state index in [0.717, 1.165) is 31.9 Å². The van der Waals surface area contributed by atoms with Gasteiger partial charge in [-0.1, -0.05) is 12.1 Å². The van der Waals surface area contributed by atoms with Gasteiger partial charge in [-0.3, -0.25) is 0 Å². The predicted octanol–water partition coefficient (Wildman–Crippen LogP) is 1.49. The first-order valence-electron chi connectivity index (χ1n) is 7.42. The molecule has 0 bridgehead atoms. The van der Waals surface area contributed by atoms with Gasteiger partial charge in [0, 0.05) is 31.7 Å². The second-order valence-electron chi connectivity index (χ2n) is 5.68. The Morgan fingerprint density at radius 3 is 2.45 bits per heavy atom. The van der Waals surface area contributed by atoms with Crippen molar-refractivity contribution in [3.05, 3.63) is 30.0 Å². The Morgan fingerprint density at radius 1 is 1.09 bits per heavy atom. The molecule has 2 heterocycles. The van der Waals surface area contributed by atoms with E-state index in [1.807, 2.05) is 19.1 Å². The van der Waals surface area contributed by atoms with Crippen LogP contribution in [0.1, 0.15) is 5.69 Å². The predicted molar refractivity (Wildman–Crippen MR) is 88.0 cm³/mol. The van der Waals surface area contributed by atoms with E-state index in [1.165, 1.54) is 0 Å². The second-order valence-corrected chi connectivity index (χ2v) is 5.68. The first-order chi connectivity index (χ1) is 10.6. The van der Waals surface area contributed by atoms with Crippen LogP contribution in [0.2, 0.25) is 0 Å². The van der Waals surface area contributed by atoms with Gasteiger partial charge in [0.15, 0.2) is 0 Å². The Morgan fingerprint density at radius 2 is 1.77 bits per heavy atom. The summed E-state index contributed by atoms with van der Waals surface area (Å²) in [4.78, 5) is 13.6. The van der Waals surface area contributed by atoms with Crippen molar-refractivity contribution in [1.29, 1.82) is 0 Å². The minimum atomic E-state index is 0.177. The Hall–Kier alpha value is -2.34. The molecular weight excluding hydrogens is 278 g/mol. The summed E-state index contributed by atoms with van der Waals surface area (Å²) in [6, 6.07) is 7.11. The summed E-state index contributed by atoms with van der Waals surface area (Å²) in [5.41, 5.74) is 8.63. The molecule has 1 aliphatic heterocycles. The van der Waals surface area contributed by atoms with Gasteiger partial charge in [-0.25, -0.2) is 9.97 Å². The molecule has 3 rings (SSSR count). The van der Waals surface area contributed by atoms with Crippen LogP contribution in [0.15, 0.2) is 24.3 Å². The molecule has 0 radical (unpaired) electrons. The summed E-state index contributed by atoms with van der Waals surface area (Å²) < 4.78 is 0. The number of hydrogen-bond donors (Lipinski definition) is 2. The van der Waals surface area contributed by atoms with E-state index < -0.39 is 0 Å². The second kappa shape index (κ2) is 5.81. The first-order valence-corrected chi connectivity index (χ1v) is 7.42. The molecule has 1 fully saturated rings. The first kappa shape index (κ1) is 14.6. The summed E-state index contributed by atoms with van der Waals surface area (Å²) in [5.74, 6) is 0.856. The highest BCUT2D eigenvalue weighted by Crippen LogP contribution is 2.33. The fourth-order valence-corrected chi connectivity index (χ4v) is 2.59. The number of phenolic OH excluding ortho intramolecular Hbond substituents is 1. The van der Waals surface area contributed by atoms with Crippen LogP contribution in [0.25, 0.3) is 11.3 Å². The summed E-state index contributed by atoms with van der Waals surface area (Å²) in [6.07, 6.45) is 0. The van der Waals surface area contributed by atoms with Crippen molar-refractivity contribution >= 4 is 11.6 Å². The maximum Gasteiger partial charge on any atom is 0.226 e. The van der Waals surface area contributed by atoms with Gasteiger partial charge in [-0.2, -0.15) is 0 Å². The Balaban J connectivity index is 2.02. The minimum Gasteiger partial charge on any atom is -0.507 e.